The van der Waals surface area contributed by atoms with Crippen molar-refractivity contribution in [3.05, 3.63) is 38.3 Å². The summed E-state index contributed by atoms with van der Waals surface area (Å²) in [5, 5.41) is 0.175. The molecule has 7 nitrogen and oxygen atoms in total. The first kappa shape index (κ1) is 17.8. The highest BCUT2D eigenvalue weighted by Gasteiger charge is 2.32. The second-order valence-electron chi connectivity index (χ2n) is 6.80. The van der Waals surface area contributed by atoms with E-state index >= 15 is 4.39 Å². The van der Waals surface area contributed by atoms with Gasteiger partial charge in [-0.1, -0.05) is 0 Å². The molecule has 2 aromatic rings. The van der Waals surface area contributed by atoms with Crippen molar-refractivity contribution in [1.29, 1.82) is 0 Å². The summed E-state index contributed by atoms with van der Waals surface area (Å²) in [4.78, 5) is 26.7. The summed E-state index contributed by atoms with van der Waals surface area (Å²) in [7, 11) is 0. The van der Waals surface area contributed by atoms with Crippen molar-refractivity contribution in [2.45, 2.75) is 38.3 Å². The highest BCUT2D eigenvalue weighted by Crippen LogP contribution is 2.38. The molecule has 4 rings (SSSR count). The number of nitrogen functional groups attached to an aromatic ring is 1. The van der Waals surface area contributed by atoms with Crippen molar-refractivity contribution in [2.24, 2.45) is 5.73 Å². The Morgan fingerprint density at radius 1 is 1.24 bits per heavy atom. The first-order valence-electron chi connectivity index (χ1n) is 8.16. The molecule has 1 aliphatic carbocycles. The lowest BCUT2D eigenvalue weighted by atomic mass is 10.1. The Morgan fingerprint density at radius 3 is 2.48 bits per heavy atom. The third kappa shape index (κ3) is 2.60. The van der Waals surface area contributed by atoms with Crippen LogP contribution in [0.15, 0.2) is 15.7 Å². The van der Waals surface area contributed by atoms with Crippen molar-refractivity contribution in [3.63, 3.8) is 0 Å². The number of nitrogens with zero attached hydrogens (tertiary/aromatic N) is 3. The monoisotopic (exact) mass is 369 g/mol. The summed E-state index contributed by atoms with van der Waals surface area (Å²) in [6.45, 7) is 2.96. The highest BCUT2D eigenvalue weighted by atomic mass is 35.5. The van der Waals surface area contributed by atoms with E-state index in [-0.39, 0.29) is 35.4 Å². The average Bonchev–Trinajstić information content (AvgIpc) is 3.29. The van der Waals surface area contributed by atoms with Crippen molar-refractivity contribution < 1.29 is 4.39 Å². The molecule has 1 aromatic carbocycles. The van der Waals surface area contributed by atoms with Crippen molar-refractivity contribution >= 4 is 29.0 Å². The normalized spacial score (nSPS) is 20.1. The number of aryl methyl sites for hydroxylation is 1. The Morgan fingerprint density at radius 2 is 1.92 bits per heavy atom. The average molecular weight is 370 g/mol. The Hall–Kier alpha value is -2.06. The number of nitrogens with two attached hydrogens (primary N) is 2. The molecule has 0 unspecified atom stereocenters. The van der Waals surface area contributed by atoms with Gasteiger partial charge in [-0.2, -0.15) is 4.68 Å². The van der Waals surface area contributed by atoms with E-state index in [1.165, 1.54) is 4.57 Å². The van der Waals surface area contributed by atoms with Gasteiger partial charge >= 0.3 is 5.69 Å². The number of halogens is 2. The number of anilines is 1. The summed E-state index contributed by atoms with van der Waals surface area (Å²) >= 11 is 0. The van der Waals surface area contributed by atoms with Crippen molar-refractivity contribution in [2.75, 3.05) is 23.8 Å². The minimum atomic E-state index is -0.663. The fraction of sp³-hybridized carbons (Fsp3) is 0.500. The van der Waals surface area contributed by atoms with Crippen LogP contribution in [0.3, 0.4) is 0 Å². The van der Waals surface area contributed by atoms with Crippen LogP contribution < -0.4 is 27.7 Å². The number of aromatic nitrogens is 2. The van der Waals surface area contributed by atoms with E-state index in [0.717, 1.165) is 19.3 Å². The van der Waals surface area contributed by atoms with E-state index in [4.69, 9.17) is 11.6 Å². The molecule has 1 saturated carbocycles. The van der Waals surface area contributed by atoms with Gasteiger partial charge in [-0.05, 0) is 37.8 Å². The third-order valence-electron chi connectivity index (χ3n) is 4.98. The van der Waals surface area contributed by atoms with Gasteiger partial charge in [0, 0.05) is 25.2 Å². The maximum absolute atomic E-state index is 15.3. The van der Waals surface area contributed by atoms with E-state index in [1.807, 2.05) is 4.90 Å². The van der Waals surface area contributed by atoms with Gasteiger partial charge in [0.1, 0.15) is 0 Å². The van der Waals surface area contributed by atoms with Gasteiger partial charge in [0.05, 0.1) is 16.6 Å². The van der Waals surface area contributed by atoms with Crippen LogP contribution in [0.5, 0.6) is 0 Å². The van der Waals surface area contributed by atoms with E-state index in [1.54, 1.807) is 13.0 Å². The smallest absolute Gasteiger partial charge is 0.350 e. The number of fused-ring (bicyclic) bond motifs is 1. The van der Waals surface area contributed by atoms with Crippen LogP contribution in [-0.2, 0) is 0 Å². The molecule has 2 aliphatic rings. The molecule has 0 bridgehead atoms. The Kier molecular flexibility index (Phi) is 4.28. The molecule has 1 aromatic heterocycles. The highest BCUT2D eigenvalue weighted by molar-refractivity contribution is 5.87. The lowest BCUT2D eigenvalue weighted by Crippen LogP contribution is -2.45. The molecule has 2 fully saturated rings. The molecule has 0 amide bonds. The Labute approximate surface area is 149 Å². The molecule has 2 heterocycles. The maximum atomic E-state index is 15.3. The molecule has 0 radical (unpaired) electrons. The standard InChI is InChI=1S/C16H20FN5O2.ClH/c1-8-6-11(20-5-4-9(18)7-20)13(17)14-12(8)15(23)22(19)16(24)21(14)10-2-3-10;/h6,9-10H,2-5,7,18-19H2,1H3;1H/t9-;/m0./s1. The van der Waals surface area contributed by atoms with Crippen molar-refractivity contribution in [3.8, 4) is 0 Å². The zero-order valence-corrected chi connectivity index (χ0v) is 14.7. The van der Waals surface area contributed by atoms with Crippen molar-refractivity contribution in [1.82, 2.24) is 9.24 Å². The molecule has 4 N–H and O–H groups in total. The molecule has 136 valence electrons. The summed E-state index contributed by atoms with van der Waals surface area (Å²) in [6, 6.07) is 1.56. The third-order valence-corrected chi connectivity index (χ3v) is 4.98. The molecule has 25 heavy (non-hydrogen) atoms. The molecule has 1 saturated heterocycles. The number of hydrogen-bond donors (Lipinski definition) is 2. The Bertz CT molecular complexity index is 966. The molecular weight excluding hydrogens is 349 g/mol. The van der Waals surface area contributed by atoms with Gasteiger partial charge in [0.15, 0.2) is 5.82 Å². The fourth-order valence-electron chi connectivity index (χ4n) is 3.58. The van der Waals surface area contributed by atoms with Crippen LogP contribution in [0.4, 0.5) is 10.1 Å². The zero-order valence-electron chi connectivity index (χ0n) is 13.9. The van der Waals surface area contributed by atoms with Gasteiger partial charge in [-0.25, -0.2) is 9.18 Å². The SMILES string of the molecule is Cc1cc(N2CC[C@H](N)C2)c(F)c2c1c(=O)n(N)c(=O)n2C1CC1.Cl. The minimum Gasteiger partial charge on any atom is -0.367 e. The van der Waals surface area contributed by atoms with Crippen LogP contribution >= 0.6 is 12.4 Å². The second kappa shape index (κ2) is 6.03. The predicted molar refractivity (Wildman–Crippen MR) is 97.6 cm³/mol. The number of benzene rings is 1. The number of rotatable bonds is 2. The topological polar surface area (TPSA) is 99.3 Å². The van der Waals surface area contributed by atoms with Crippen LogP contribution in [-0.4, -0.2) is 28.4 Å². The zero-order chi connectivity index (χ0) is 17.2. The van der Waals surface area contributed by atoms with Crippen LogP contribution in [0.1, 0.15) is 30.9 Å². The molecular formula is C16H21ClFN5O2. The first-order chi connectivity index (χ1) is 11.4. The first-order valence-corrected chi connectivity index (χ1v) is 8.16. The van der Waals surface area contributed by atoms with Crippen LogP contribution in [0.25, 0.3) is 10.9 Å². The van der Waals surface area contributed by atoms with E-state index in [9.17, 15) is 9.59 Å². The van der Waals surface area contributed by atoms with Gasteiger partial charge in [0.2, 0.25) is 0 Å². The van der Waals surface area contributed by atoms with Gasteiger partial charge < -0.3 is 16.5 Å². The molecule has 9 heteroatoms. The summed E-state index contributed by atoms with van der Waals surface area (Å²) in [5.74, 6) is 5.10. The van der Waals surface area contributed by atoms with Gasteiger partial charge in [-0.15, -0.1) is 12.4 Å². The van der Waals surface area contributed by atoms with Gasteiger partial charge in [0.25, 0.3) is 5.56 Å². The summed E-state index contributed by atoms with van der Waals surface area (Å²) in [5.41, 5.74) is 5.69. The minimum absolute atomic E-state index is 0. The predicted octanol–water partition coefficient (Wildman–Crippen LogP) is 0.619. The summed E-state index contributed by atoms with van der Waals surface area (Å²) in [6.07, 6.45) is 2.35. The van der Waals surface area contributed by atoms with Crippen LogP contribution in [0, 0.1) is 12.7 Å². The molecule has 1 aliphatic heterocycles. The second-order valence-corrected chi connectivity index (χ2v) is 6.80. The lowest BCUT2D eigenvalue weighted by Gasteiger charge is -2.22. The molecule has 1 atom stereocenters. The maximum Gasteiger partial charge on any atom is 0.350 e. The van der Waals surface area contributed by atoms with E-state index < -0.39 is 17.1 Å². The summed E-state index contributed by atoms with van der Waals surface area (Å²) < 4.78 is 17.3. The molecule has 0 spiro atoms. The Balaban J connectivity index is 0.00000182. The number of hydrogen-bond acceptors (Lipinski definition) is 5. The van der Waals surface area contributed by atoms with E-state index in [0.29, 0.717) is 29.0 Å². The van der Waals surface area contributed by atoms with Gasteiger partial charge in [-0.3, -0.25) is 9.36 Å². The lowest BCUT2D eigenvalue weighted by molar-refractivity contribution is 0.599. The van der Waals surface area contributed by atoms with E-state index in [2.05, 4.69) is 0 Å². The quantitative estimate of drug-likeness (QED) is 0.756. The largest absolute Gasteiger partial charge is 0.367 e. The fourth-order valence-corrected chi connectivity index (χ4v) is 3.58. The van der Waals surface area contributed by atoms with Crippen LogP contribution in [0.2, 0.25) is 0 Å².